The van der Waals surface area contributed by atoms with Crippen molar-refractivity contribution in [1.82, 2.24) is 13.9 Å². The third-order valence-electron chi connectivity index (χ3n) is 8.15. The van der Waals surface area contributed by atoms with Gasteiger partial charge < -0.3 is 4.90 Å². The van der Waals surface area contributed by atoms with E-state index in [0.717, 1.165) is 17.4 Å². The molecule has 0 bridgehead atoms. The molecule has 0 aromatic heterocycles. The van der Waals surface area contributed by atoms with Crippen LogP contribution >= 0.6 is 23.2 Å². The first-order valence-electron chi connectivity index (χ1n) is 13.8. The Morgan fingerprint density at radius 3 is 2.26 bits per heavy atom. The molecule has 0 spiro atoms. The van der Waals surface area contributed by atoms with E-state index in [2.05, 4.69) is 0 Å². The summed E-state index contributed by atoms with van der Waals surface area (Å²) in [6, 6.07) is 13.4. The van der Waals surface area contributed by atoms with E-state index in [1.165, 1.54) is 11.4 Å². The lowest BCUT2D eigenvalue weighted by Crippen LogP contribution is -2.58. The third kappa shape index (κ3) is 7.30. The molecule has 2 aliphatic rings. The average Bonchev–Trinajstić information content (AvgIpc) is 3.74. The van der Waals surface area contributed by atoms with Gasteiger partial charge in [-0.3, -0.25) is 14.3 Å². The summed E-state index contributed by atoms with van der Waals surface area (Å²) in [7, 11) is -5.83. The fraction of sp³-hybridized carbons (Fsp3) is 0.517. The van der Waals surface area contributed by atoms with Crippen molar-refractivity contribution in [3.05, 3.63) is 69.7 Å². The summed E-state index contributed by atoms with van der Waals surface area (Å²) in [6.07, 6.45) is 2.41. The first-order chi connectivity index (χ1) is 19.6. The number of carbonyl (C=O) groups excluding carboxylic acids is 2. The monoisotopic (exact) mass is 657 g/mol. The molecule has 1 unspecified atom stereocenters. The molecule has 1 saturated heterocycles. The van der Waals surface area contributed by atoms with E-state index in [9.17, 15) is 26.4 Å². The first-order valence-corrected chi connectivity index (χ1v) is 18.0. The van der Waals surface area contributed by atoms with Gasteiger partial charge in [-0.15, -0.1) is 0 Å². The fourth-order valence-electron chi connectivity index (χ4n) is 5.98. The van der Waals surface area contributed by atoms with Crippen molar-refractivity contribution in [3.8, 4) is 0 Å². The van der Waals surface area contributed by atoms with Crippen LogP contribution in [0.15, 0.2) is 48.5 Å². The summed E-state index contributed by atoms with van der Waals surface area (Å²) < 4.78 is 53.2. The SMILES string of the molecule is CC[C@@H](CN(C)S(=O)(=O)C1CC1)N1C(=O)[C@@](C)(CC(=O)NS(C)(=O)=O)C[C@H](c2cccc(Cl)c2)C1c1ccc(Cl)cc1. The van der Waals surface area contributed by atoms with Gasteiger partial charge in [0.15, 0.2) is 0 Å². The third-order valence-corrected chi connectivity index (χ3v) is 11.6. The standard InChI is InChI=1S/C29H37Cl2N3O6S2/c1-5-23(18-33(3)42(39,40)24-13-14-24)34-27(19-9-11-21(30)12-10-19)25(20-7-6-8-22(31)15-20)16-29(2,28(34)36)17-26(35)32-41(4,37)38/h6-12,15,23-25,27H,5,13-14,16-18H2,1-4H3,(H,32,35)/t23-,25+,27?,29+/m0/s1. The molecule has 1 aliphatic heterocycles. The normalized spacial score (nSPS) is 24.1. The number of benzene rings is 2. The summed E-state index contributed by atoms with van der Waals surface area (Å²) in [6.45, 7) is 3.63. The van der Waals surface area contributed by atoms with Crippen molar-refractivity contribution in [3.63, 3.8) is 0 Å². The van der Waals surface area contributed by atoms with Crippen LogP contribution in [0.3, 0.4) is 0 Å². The van der Waals surface area contributed by atoms with Gasteiger partial charge in [-0.2, -0.15) is 0 Å². The number of piperidine rings is 1. The highest BCUT2D eigenvalue weighted by Crippen LogP contribution is 2.52. The minimum Gasteiger partial charge on any atom is -0.330 e. The molecule has 2 amide bonds. The Labute approximate surface area is 258 Å². The molecule has 230 valence electrons. The van der Waals surface area contributed by atoms with Gasteiger partial charge in [0.1, 0.15) is 0 Å². The summed E-state index contributed by atoms with van der Waals surface area (Å²) in [5.74, 6) is -1.50. The molecule has 4 atom stereocenters. The molecule has 1 saturated carbocycles. The van der Waals surface area contributed by atoms with Crippen LogP contribution in [0.2, 0.25) is 10.0 Å². The van der Waals surface area contributed by atoms with E-state index in [1.807, 2.05) is 42.0 Å². The largest absolute Gasteiger partial charge is 0.330 e. The quantitative estimate of drug-likeness (QED) is 0.373. The number of likely N-dealkylation sites (N-methyl/N-ethyl adjacent to an activating group) is 1. The van der Waals surface area contributed by atoms with E-state index < -0.39 is 48.7 Å². The molecule has 1 heterocycles. The van der Waals surface area contributed by atoms with Crippen LogP contribution in [-0.2, 0) is 29.6 Å². The molecule has 0 radical (unpaired) electrons. The lowest BCUT2D eigenvalue weighted by molar-refractivity contribution is -0.157. The highest BCUT2D eigenvalue weighted by Gasteiger charge is 2.53. The van der Waals surface area contributed by atoms with Crippen molar-refractivity contribution < 1.29 is 26.4 Å². The first kappa shape index (κ1) is 32.7. The molecule has 42 heavy (non-hydrogen) atoms. The van der Waals surface area contributed by atoms with Crippen LogP contribution in [0.1, 0.15) is 69.0 Å². The lowest BCUT2D eigenvalue weighted by Gasteiger charge is -2.52. The number of carbonyl (C=O) groups is 2. The zero-order chi connectivity index (χ0) is 31.0. The van der Waals surface area contributed by atoms with Crippen molar-refractivity contribution >= 4 is 55.1 Å². The number of halogens is 2. The molecule has 13 heteroatoms. The van der Waals surface area contributed by atoms with E-state index in [-0.39, 0.29) is 31.2 Å². The minimum atomic E-state index is -3.84. The van der Waals surface area contributed by atoms with E-state index in [0.29, 0.717) is 29.3 Å². The highest BCUT2D eigenvalue weighted by molar-refractivity contribution is 7.90. The van der Waals surface area contributed by atoms with Gasteiger partial charge in [0, 0.05) is 42.0 Å². The fourth-order valence-corrected chi connectivity index (χ4v) is 8.41. The van der Waals surface area contributed by atoms with Crippen LogP contribution < -0.4 is 4.72 Å². The van der Waals surface area contributed by atoms with Crippen LogP contribution in [0.25, 0.3) is 0 Å². The Balaban J connectivity index is 1.86. The second-order valence-corrected chi connectivity index (χ2v) is 16.6. The topological polar surface area (TPSA) is 121 Å². The van der Waals surface area contributed by atoms with Crippen molar-refractivity contribution in [2.45, 2.75) is 69.2 Å². The van der Waals surface area contributed by atoms with Crippen LogP contribution in [-0.4, -0.2) is 69.0 Å². The van der Waals surface area contributed by atoms with Gasteiger partial charge in [0.05, 0.1) is 23.0 Å². The Morgan fingerprint density at radius 1 is 1.07 bits per heavy atom. The number of nitrogens with zero attached hydrogens (tertiary/aromatic N) is 2. The van der Waals surface area contributed by atoms with Gasteiger partial charge in [0.25, 0.3) is 0 Å². The summed E-state index contributed by atoms with van der Waals surface area (Å²) in [5, 5.41) is 0.620. The van der Waals surface area contributed by atoms with Crippen molar-refractivity contribution in [1.29, 1.82) is 0 Å². The molecule has 1 aliphatic carbocycles. The van der Waals surface area contributed by atoms with Gasteiger partial charge in [-0.25, -0.2) is 21.1 Å². The Bertz CT molecular complexity index is 1550. The number of hydrogen-bond acceptors (Lipinski definition) is 6. The summed E-state index contributed by atoms with van der Waals surface area (Å²) in [4.78, 5) is 29.2. The molecule has 9 nitrogen and oxygen atoms in total. The minimum absolute atomic E-state index is 0.0685. The number of hydrogen-bond donors (Lipinski definition) is 1. The van der Waals surface area contributed by atoms with E-state index >= 15 is 0 Å². The van der Waals surface area contributed by atoms with Crippen molar-refractivity contribution in [2.75, 3.05) is 19.8 Å². The zero-order valence-electron chi connectivity index (χ0n) is 24.1. The zero-order valence-corrected chi connectivity index (χ0v) is 27.2. The van der Waals surface area contributed by atoms with Crippen molar-refractivity contribution in [2.24, 2.45) is 5.41 Å². The number of nitrogens with one attached hydrogen (secondary N) is 1. The number of rotatable bonds is 11. The maximum Gasteiger partial charge on any atom is 0.234 e. The Hall–Kier alpha value is -2.18. The average molecular weight is 659 g/mol. The van der Waals surface area contributed by atoms with Gasteiger partial charge in [0.2, 0.25) is 31.9 Å². The summed E-state index contributed by atoms with van der Waals surface area (Å²) >= 11 is 12.6. The van der Waals surface area contributed by atoms with Crippen LogP contribution in [0.4, 0.5) is 0 Å². The number of likely N-dealkylation sites (tertiary alicyclic amines) is 1. The molecular formula is C29H37Cl2N3O6S2. The Morgan fingerprint density at radius 2 is 1.71 bits per heavy atom. The van der Waals surface area contributed by atoms with Gasteiger partial charge in [-0.1, -0.05) is 61.3 Å². The Kier molecular flexibility index (Phi) is 9.69. The molecular weight excluding hydrogens is 621 g/mol. The predicted molar refractivity (Wildman–Crippen MR) is 164 cm³/mol. The molecule has 1 N–H and O–H groups in total. The molecule has 2 aromatic rings. The maximum atomic E-state index is 14.6. The van der Waals surface area contributed by atoms with Gasteiger partial charge >= 0.3 is 0 Å². The second-order valence-electron chi connectivity index (χ2n) is 11.7. The van der Waals surface area contributed by atoms with Crippen LogP contribution in [0.5, 0.6) is 0 Å². The highest BCUT2D eigenvalue weighted by atomic mass is 35.5. The van der Waals surface area contributed by atoms with E-state index in [4.69, 9.17) is 23.2 Å². The molecule has 2 fully saturated rings. The number of sulfonamides is 2. The predicted octanol–water partition coefficient (Wildman–Crippen LogP) is 4.73. The molecule has 2 aromatic carbocycles. The van der Waals surface area contributed by atoms with Gasteiger partial charge in [-0.05, 0) is 61.1 Å². The smallest absolute Gasteiger partial charge is 0.234 e. The lowest BCUT2D eigenvalue weighted by atomic mass is 9.67. The summed E-state index contributed by atoms with van der Waals surface area (Å²) in [5.41, 5.74) is 0.335. The number of amides is 2. The second kappa shape index (κ2) is 12.4. The molecule has 4 rings (SSSR count). The van der Waals surface area contributed by atoms with E-state index in [1.54, 1.807) is 30.0 Å². The van der Waals surface area contributed by atoms with Crippen LogP contribution in [0, 0.1) is 5.41 Å². The maximum absolute atomic E-state index is 14.6.